The van der Waals surface area contributed by atoms with Gasteiger partial charge in [-0.25, -0.2) is 0 Å². The molecule has 0 radical (unpaired) electrons. The van der Waals surface area contributed by atoms with Crippen LogP contribution in [0, 0.1) is 6.92 Å². The van der Waals surface area contributed by atoms with Gasteiger partial charge in [-0.1, -0.05) is 18.2 Å². The summed E-state index contributed by atoms with van der Waals surface area (Å²) in [7, 11) is 1.62. The molecule has 1 heterocycles. The lowest BCUT2D eigenvalue weighted by Crippen LogP contribution is -2.37. The van der Waals surface area contributed by atoms with E-state index in [9.17, 15) is 4.79 Å². The van der Waals surface area contributed by atoms with Crippen LogP contribution in [0.3, 0.4) is 0 Å². The maximum atomic E-state index is 12.7. The Hall–Kier alpha value is -1.61. The Bertz CT molecular complexity index is 618. The third-order valence-electron chi connectivity index (χ3n) is 4.18. The van der Waals surface area contributed by atoms with E-state index in [0.29, 0.717) is 5.76 Å². The molecule has 1 fully saturated rings. The summed E-state index contributed by atoms with van der Waals surface area (Å²) in [5.74, 6) is 0.413. The molecule has 3 heteroatoms. The molecule has 0 unspecified atom stereocenters. The van der Waals surface area contributed by atoms with Crippen LogP contribution in [0.25, 0.3) is 11.0 Å². The lowest BCUT2D eigenvalue weighted by atomic mass is 9.94. The SMILES string of the molecule is COC1(C(=O)c2cc3cccc(C)c3o2)CCCC1. The highest BCUT2D eigenvalue weighted by Gasteiger charge is 2.43. The predicted molar refractivity (Wildman–Crippen MR) is 73.5 cm³/mol. The van der Waals surface area contributed by atoms with Gasteiger partial charge in [-0.05, 0) is 44.2 Å². The largest absolute Gasteiger partial charge is 0.453 e. The van der Waals surface area contributed by atoms with E-state index in [4.69, 9.17) is 9.15 Å². The van der Waals surface area contributed by atoms with Gasteiger partial charge >= 0.3 is 0 Å². The summed E-state index contributed by atoms with van der Waals surface area (Å²) in [6.45, 7) is 1.99. The fourth-order valence-corrected chi connectivity index (χ4v) is 3.02. The molecule has 0 N–H and O–H groups in total. The van der Waals surface area contributed by atoms with Crippen molar-refractivity contribution in [2.45, 2.75) is 38.2 Å². The van der Waals surface area contributed by atoms with E-state index >= 15 is 0 Å². The zero-order valence-electron chi connectivity index (χ0n) is 11.4. The van der Waals surface area contributed by atoms with Gasteiger partial charge in [0.1, 0.15) is 11.2 Å². The number of hydrogen-bond acceptors (Lipinski definition) is 3. The van der Waals surface area contributed by atoms with Crippen LogP contribution < -0.4 is 0 Å². The lowest BCUT2D eigenvalue weighted by Gasteiger charge is -2.24. The number of Topliss-reactive ketones (excluding diaryl/α,β-unsaturated/α-hetero) is 1. The Morgan fingerprint density at radius 1 is 1.32 bits per heavy atom. The highest BCUT2D eigenvalue weighted by molar-refractivity contribution is 6.03. The number of hydrogen-bond donors (Lipinski definition) is 0. The summed E-state index contributed by atoms with van der Waals surface area (Å²) < 4.78 is 11.3. The quantitative estimate of drug-likeness (QED) is 0.784. The number of aryl methyl sites for hydroxylation is 1. The van der Waals surface area contributed by atoms with Gasteiger partial charge in [0, 0.05) is 12.5 Å². The van der Waals surface area contributed by atoms with Gasteiger partial charge in [-0.2, -0.15) is 0 Å². The second-order valence-electron chi connectivity index (χ2n) is 5.34. The molecule has 0 saturated heterocycles. The van der Waals surface area contributed by atoms with Gasteiger partial charge in [0.05, 0.1) is 0 Å². The van der Waals surface area contributed by atoms with Crippen molar-refractivity contribution in [3.63, 3.8) is 0 Å². The Labute approximate surface area is 112 Å². The summed E-state index contributed by atoms with van der Waals surface area (Å²) in [6, 6.07) is 7.77. The average Bonchev–Trinajstić information content (AvgIpc) is 3.06. The molecule has 1 saturated carbocycles. The van der Waals surface area contributed by atoms with Crippen LogP contribution >= 0.6 is 0 Å². The van der Waals surface area contributed by atoms with Gasteiger partial charge in [-0.3, -0.25) is 4.79 Å². The van der Waals surface area contributed by atoms with Crippen LogP contribution in [0.4, 0.5) is 0 Å². The summed E-state index contributed by atoms with van der Waals surface area (Å²) in [4.78, 5) is 12.7. The molecule has 0 aliphatic heterocycles. The molecule has 2 aromatic rings. The summed E-state index contributed by atoms with van der Waals surface area (Å²) >= 11 is 0. The van der Waals surface area contributed by atoms with E-state index in [-0.39, 0.29) is 5.78 Å². The van der Waals surface area contributed by atoms with Crippen molar-refractivity contribution in [3.05, 3.63) is 35.6 Å². The van der Waals surface area contributed by atoms with Crippen molar-refractivity contribution in [1.29, 1.82) is 0 Å². The molecule has 3 nitrogen and oxygen atoms in total. The Balaban J connectivity index is 2.04. The molecule has 1 aliphatic rings. The first-order chi connectivity index (χ1) is 9.16. The standard InChI is InChI=1S/C16H18O3/c1-11-6-5-7-12-10-13(19-14(11)12)15(17)16(18-2)8-3-4-9-16/h5-7,10H,3-4,8-9H2,1-2H3. The predicted octanol–water partition coefficient (Wildman–Crippen LogP) is 3.88. The number of rotatable bonds is 3. The fraction of sp³-hybridized carbons (Fsp3) is 0.438. The van der Waals surface area contributed by atoms with Gasteiger partial charge in [0.2, 0.25) is 5.78 Å². The van der Waals surface area contributed by atoms with Crippen LogP contribution in [0.5, 0.6) is 0 Å². The molecular formula is C16H18O3. The van der Waals surface area contributed by atoms with E-state index < -0.39 is 5.60 Å². The second kappa shape index (κ2) is 4.49. The van der Waals surface area contributed by atoms with E-state index in [2.05, 4.69) is 0 Å². The minimum atomic E-state index is -0.665. The van der Waals surface area contributed by atoms with Crippen molar-refractivity contribution in [2.75, 3.05) is 7.11 Å². The molecule has 1 aromatic heterocycles. The summed E-state index contributed by atoms with van der Waals surface area (Å²) in [5.41, 5.74) is 1.19. The Morgan fingerprint density at radius 3 is 2.68 bits per heavy atom. The minimum absolute atomic E-state index is 0.0110. The van der Waals surface area contributed by atoms with Crippen molar-refractivity contribution < 1.29 is 13.9 Å². The topological polar surface area (TPSA) is 39.4 Å². The number of para-hydroxylation sites is 1. The van der Waals surface area contributed by atoms with Crippen molar-refractivity contribution in [2.24, 2.45) is 0 Å². The van der Waals surface area contributed by atoms with Gasteiger partial charge in [-0.15, -0.1) is 0 Å². The summed E-state index contributed by atoms with van der Waals surface area (Å²) in [6.07, 6.45) is 3.66. The summed E-state index contributed by atoms with van der Waals surface area (Å²) in [5, 5.41) is 0.979. The van der Waals surface area contributed by atoms with Crippen LogP contribution in [0.2, 0.25) is 0 Å². The molecule has 0 atom stereocenters. The first-order valence-electron chi connectivity index (χ1n) is 6.75. The third kappa shape index (κ3) is 1.89. The van der Waals surface area contributed by atoms with Crippen molar-refractivity contribution in [1.82, 2.24) is 0 Å². The average molecular weight is 258 g/mol. The zero-order valence-corrected chi connectivity index (χ0v) is 11.4. The maximum absolute atomic E-state index is 12.7. The van der Waals surface area contributed by atoms with E-state index in [1.165, 1.54) is 0 Å². The molecule has 0 bridgehead atoms. The maximum Gasteiger partial charge on any atom is 0.229 e. The van der Waals surface area contributed by atoms with Gasteiger partial charge in [0.25, 0.3) is 0 Å². The first-order valence-corrected chi connectivity index (χ1v) is 6.75. The monoisotopic (exact) mass is 258 g/mol. The number of ketones is 1. The van der Waals surface area contributed by atoms with Crippen molar-refractivity contribution >= 4 is 16.8 Å². The molecular weight excluding hydrogens is 240 g/mol. The number of carbonyl (C=O) groups excluding carboxylic acids is 1. The smallest absolute Gasteiger partial charge is 0.229 e. The van der Waals surface area contributed by atoms with Crippen LogP contribution in [0.1, 0.15) is 41.8 Å². The number of fused-ring (bicyclic) bond motifs is 1. The Kier molecular flexibility index (Phi) is 2.94. The molecule has 0 spiro atoms. The van der Waals surface area contributed by atoms with Crippen LogP contribution in [-0.4, -0.2) is 18.5 Å². The van der Waals surface area contributed by atoms with Gasteiger partial charge < -0.3 is 9.15 Å². The number of furan rings is 1. The zero-order chi connectivity index (χ0) is 13.5. The normalized spacial score (nSPS) is 18.0. The molecule has 19 heavy (non-hydrogen) atoms. The highest BCUT2D eigenvalue weighted by atomic mass is 16.5. The van der Waals surface area contributed by atoms with E-state index in [0.717, 1.165) is 42.2 Å². The number of ether oxygens (including phenoxy) is 1. The molecule has 1 aliphatic carbocycles. The number of benzene rings is 1. The molecule has 100 valence electrons. The molecule has 1 aromatic carbocycles. The Morgan fingerprint density at radius 2 is 2.05 bits per heavy atom. The van der Waals surface area contributed by atoms with Crippen molar-refractivity contribution in [3.8, 4) is 0 Å². The highest BCUT2D eigenvalue weighted by Crippen LogP contribution is 2.37. The first kappa shape index (κ1) is 12.4. The number of carbonyl (C=O) groups is 1. The third-order valence-corrected chi connectivity index (χ3v) is 4.18. The number of methoxy groups -OCH3 is 1. The van der Waals surface area contributed by atoms with Crippen LogP contribution in [-0.2, 0) is 4.74 Å². The fourth-order valence-electron chi connectivity index (χ4n) is 3.02. The van der Waals surface area contributed by atoms with E-state index in [1.54, 1.807) is 7.11 Å². The van der Waals surface area contributed by atoms with Crippen LogP contribution in [0.15, 0.2) is 28.7 Å². The molecule has 3 rings (SSSR count). The minimum Gasteiger partial charge on any atom is -0.453 e. The lowest BCUT2D eigenvalue weighted by molar-refractivity contribution is 0.00402. The van der Waals surface area contributed by atoms with Gasteiger partial charge in [0.15, 0.2) is 5.76 Å². The van der Waals surface area contributed by atoms with E-state index in [1.807, 2.05) is 31.2 Å². The molecule has 0 amide bonds. The second-order valence-corrected chi connectivity index (χ2v) is 5.34.